The van der Waals surface area contributed by atoms with Crippen molar-refractivity contribution in [3.05, 3.63) is 75.7 Å². The van der Waals surface area contributed by atoms with E-state index in [2.05, 4.69) is 25.8 Å². The minimum atomic E-state index is 0.0173. The molecule has 4 rings (SSSR count). The van der Waals surface area contributed by atoms with Crippen molar-refractivity contribution in [3.63, 3.8) is 0 Å². The van der Waals surface area contributed by atoms with E-state index >= 15 is 0 Å². The number of rotatable bonds is 5. The minimum Gasteiger partial charge on any atom is -0.488 e. The third-order valence-electron chi connectivity index (χ3n) is 4.66. The normalized spacial score (nSPS) is 14.2. The zero-order valence-electron chi connectivity index (χ0n) is 15.3. The lowest BCUT2D eigenvalue weighted by Crippen LogP contribution is -2.48. The van der Waals surface area contributed by atoms with Crippen molar-refractivity contribution in [3.8, 4) is 5.75 Å². The van der Waals surface area contributed by atoms with Crippen LogP contribution in [0.4, 0.5) is 5.13 Å². The number of hydrogen-bond donors (Lipinski definition) is 0. The summed E-state index contributed by atoms with van der Waals surface area (Å²) >= 11 is 5.10. The number of benzene rings is 2. The van der Waals surface area contributed by atoms with E-state index in [0.717, 1.165) is 28.3 Å². The van der Waals surface area contributed by atoms with Crippen LogP contribution in [0.15, 0.2) is 64.6 Å². The summed E-state index contributed by atoms with van der Waals surface area (Å²) in [5, 5.41) is 3.00. The van der Waals surface area contributed by atoms with Crippen molar-refractivity contribution in [2.24, 2.45) is 0 Å². The molecule has 0 N–H and O–H groups in total. The molecular weight excluding hydrogens is 438 g/mol. The molecule has 1 fully saturated rings. The van der Waals surface area contributed by atoms with Crippen molar-refractivity contribution in [2.75, 3.05) is 31.1 Å². The first-order valence-electron chi connectivity index (χ1n) is 9.11. The highest BCUT2D eigenvalue weighted by molar-refractivity contribution is 9.10. The number of piperazine rings is 1. The highest BCUT2D eigenvalue weighted by Crippen LogP contribution is 2.24. The van der Waals surface area contributed by atoms with Gasteiger partial charge in [0, 0.05) is 42.2 Å². The van der Waals surface area contributed by atoms with Gasteiger partial charge in [0.2, 0.25) is 0 Å². The molecule has 0 spiro atoms. The topological polar surface area (TPSA) is 45.7 Å². The lowest BCUT2D eigenvalue weighted by atomic mass is 10.1. The maximum absolute atomic E-state index is 13.1. The van der Waals surface area contributed by atoms with E-state index in [1.807, 2.05) is 65.0 Å². The van der Waals surface area contributed by atoms with Crippen LogP contribution in [0.3, 0.4) is 0 Å². The zero-order valence-corrected chi connectivity index (χ0v) is 17.7. The standard InChI is InChI=1S/C21H20BrN3O2S/c22-17-5-3-4-16(14-17)15-27-19-7-2-1-6-18(19)20(26)24-9-11-25(12-10-24)21-23-8-13-28-21/h1-8,13-14H,9-12,15H2. The van der Waals surface area contributed by atoms with Crippen molar-refractivity contribution in [1.29, 1.82) is 0 Å². The summed E-state index contributed by atoms with van der Waals surface area (Å²) in [5.74, 6) is 0.637. The summed E-state index contributed by atoms with van der Waals surface area (Å²) < 4.78 is 6.99. The van der Waals surface area contributed by atoms with Crippen LogP contribution in [0, 0.1) is 0 Å². The van der Waals surface area contributed by atoms with Crippen molar-refractivity contribution in [2.45, 2.75) is 6.61 Å². The molecule has 1 amide bonds. The van der Waals surface area contributed by atoms with E-state index in [1.54, 1.807) is 11.3 Å². The van der Waals surface area contributed by atoms with Gasteiger partial charge in [-0.2, -0.15) is 0 Å². The molecule has 5 nitrogen and oxygen atoms in total. The maximum Gasteiger partial charge on any atom is 0.257 e. The molecule has 144 valence electrons. The van der Waals surface area contributed by atoms with Gasteiger partial charge < -0.3 is 14.5 Å². The molecule has 1 saturated heterocycles. The molecule has 1 aliphatic rings. The highest BCUT2D eigenvalue weighted by atomic mass is 79.9. The Labute approximate surface area is 176 Å². The smallest absolute Gasteiger partial charge is 0.257 e. The monoisotopic (exact) mass is 457 g/mol. The highest BCUT2D eigenvalue weighted by Gasteiger charge is 2.25. The number of carbonyl (C=O) groups is 1. The third kappa shape index (κ3) is 4.36. The lowest BCUT2D eigenvalue weighted by Gasteiger charge is -2.34. The molecule has 2 heterocycles. The number of hydrogen-bond acceptors (Lipinski definition) is 5. The Morgan fingerprint density at radius 2 is 1.93 bits per heavy atom. The van der Waals surface area contributed by atoms with E-state index in [-0.39, 0.29) is 5.91 Å². The molecular formula is C21H20BrN3O2S. The van der Waals surface area contributed by atoms with Gasteiger partial charge in [-0.1, -0.05) is 40.2 Å². The Bertz CT molecular complexity index is 940. The van der Waals surface area contributed by atoms with Crippen LogP contribution >= 0.6 is 27.3 Å². The van der Waals surface area contributed by atoms with Gasteiger partial charge in [0.05, 0.1) is 5.56 Å². The van der Waals surface area contributed by atoms with E-state index in [0.29, 0.717) is 31.0 Å². The minimum absolute atomic E-state index is 0.0173. The SMILES string of the molecule is O=C(c1ccccc1OCc1cccc(Br)c1)N1CCN(c2nccs2)CC1. The van der Waals surface area contributed by atoms with Crippen LogP contribution in [-0.4, -0.2) is 42.0 Å². The predicted octanol–water partition coefficient (Wildman–Crippen LogP) is 4.45. The van der Waals surface area contributed by atoms with Crippen LogP contribution in [0.1, 0.15) is 15.9 Å². The van der Waals surface area contributed by atoms with E-state index < -0.39 is 0 Å². The summed E-state index contributed by atoms with van der Waals surface area (Å²) in [6.07, 6.45) is 1.82. The molecule has 0 unspecified atom stereocenters. The van der Waals surface area contributed by atoms with Crippen LogP contribution in [0.25, 0.3) is 0 Å². The van der Waals surface area contributed by atoms with Gasteiger partial charge >= 0.3 is 0 Å². The van der Waals surface area contributed by atoms with Gasteiger partial charge in [-0.25, -0.2) is 4.98 Å². The number of carbonyl (C=O) groups excluding carboxylic acids is 1. The van der Waals surface area contributed by atoms with Crippen LogP contribution < -0.4 is 9.64 Å². The Hall–Kier alpha value is -2.38. The quantitative estimate of drug-likeness (QED) is 0.567. The van der Waals surface area contributed by atoms with E-state index in [4.69, 9.17) is 4.74 Å². The first-order valence-corrected chi connectivity index (χ1v) is 10.8. The summed E-state index contributed by atoms with van der Waals surface area (Å²) in [6.45, 7) is 3.36. The molecule has 0 radical (unpaired) electrons. The fourth-order valence-electron chi connectivity index (χ4n) is 3.20. The molecule has 0 aliphatic carbocycles. The Kier molecular flexibility index (Phi) is 5.92. The first-order chi connectivity index (χ1) is 13.7. The molecule has 0 saturated carbocycles. The van der Waals surface area contributed by atoms with Crippen LogP contribution in [-0.2, 0) is 6.61 Å². The number of ether oxygens (including phenoxy) is 1. The first kappa shape index (κ1) is 19.0. The van der Waals surface area contributed by atoms with E-state index in [9.17, 15) is 4.79 Å². The predicted molar refractivity (Wildman–Crippen MR) is 115 cm³/mol. The van der Waals surface area contributed by atoms with Gasteiger partial charge in [-0.05, 0) is 29.8 Å². The summed E-state index contributed by atoms with van der Waals surface area (Å²) in [6, 6.07) is 15.4. The number of thiazole rings is 1. The Morgan fingerprint density at radius 1 is 1.11 bits per heavy atom. The van der Waals surface area contributed by atoms with Gasteiger partial charge in [-0.3, -0.25) is 4.79 Å². The Morgan fingerprint density at radius 3 is 2.68 bits per heavy atom. The molecule has 28 heavy (non-hydrogen) atoms. The average Bonchev–Trinajstić information content (AvgIpc) is 3.27. The number of amides is 1. The Balaban J connectivity index is 1.42. The van der Waals surface area contributed by atoms with Crippen molar-refractivity contribution < 1.29 is 9.53 Å². The second-order valence-electron chi connectivity index (χ2n) is 6.51. The van der Waals surface area contributed by atoms with Gasteiger partial charge in [-0.15, -0.1) is 11.3 Å². The molecule has 0 bridgehead atoms. The number of anilines is 1. The molecule has 3 aromatic rings. The molecule has 1 aromatic heterocycles. The molecule has 2 aromatic carbocycles. The third-order valence-corrected chi connectivity index (χ3v) is 5.98. The molecule has 0 atom stereocenters. The van der Waals surface area contributed by atoms with Crippen molar-refractivity contribution in [1.82, 2.24) is 9.88 Å². The largest absolute Gasteiger partial charge is 0.488 e. The number of halogens is 1. The average molecular weight is 458 g/mol. The van der Waals surface area contributed by atoms with Crippen molar-refractivity contribution >= 4 is 38.3 Å². The number of nitrogens with zero attached hydrogens (tertiary/aromatic N) is 3. The second kappa shape index (κ2) is 8.75. The van der Waals surface area contributed by atoms with Gasteiger partial charge in [0.25, 0.3) is 5.91 Å². The fourth-order valence-corrected chi connectivity index (χ4v) is 4.34. The van der Waals surface area contributed by atoms with Gasteiger partial charge in [0.1, 0.15) is 12.4 Å². The summed E-state index contributed by atoms with van der Waals surface area (Å²) in [7, 11) is 0. The maximum atomic E-state index is 13.1. The van der Waals surface area contributed by atoms with Gasteiger partial charge in [0.15, 0.2) is 5.13 Å². The molecule has 7 heteroatoms. The number of aromatic nitrogens is 1. The second-order valence-corrected chi connectivity index (χ2v) is 8.30. The summed E-state index contributed by atoms with van der Waals surface area (Å²) in [5.41, 5.74) is 1.66. The van der Waals surface area contributed by atoms with E-state index in [1.165, 1.54) is 0 Å². The van der Waals surface area contributed by atoms with Crippen LogP contribution in [0.2, 0.25) is 0 Å². The lowest BCUT2D eigenvalue weighted by molar-refractivity contribution is 0.0742. The fraction of sp³-hybridized carbons (Fsp3) is 0.238. The zero-order chi connectivity index (χ0) is 19.3. The summed E-state index contributed by atoms with van der Waals surface area (Å²) in [4.78, 5) is 21.6. The molecule has 1 aliphatic heterocycles. The van der Waals surface area contributed by atoms with Crippen LogP contribution in [0.5, 0.6) is 5.75 Å². The number of para-hydroxylation sites is 1.